The van der Waals surface area contributed by atoms with Crippen molar-refractivity contribution in [3.05, 3.63) is 341 Å². The van der Waals surface area contributed by atoms with E-state index in [1.54, 1.807) is 12.1 Å². The lowest BCUT2D eigenvalue weighted by atomic mass is 10.1. The number of nitro benzene ring substituents is 3. The number of nitro groups is 3. The van der Waals surface area contributed by atoms with Gasteiger partial charge in [-0.1, -0.05) is 182 Å². The Morgan fingerprint density at radius 3 is 0.809 bits per heavy atom. The van der Waals surface area contributed by atoms with E-state index in [-0.39, 0.29) is 129 Å². The summed E-state index contributed by atoms with van der Waals surface area (Å²) < 4.78 is 40.9. The Kier molecular flexibility index (Phi) is 33.3. The molecule has 0 unspecified atom stereocenters. The number of nitrogens with two attached hydrogens (primary N) is 3. The molecule has 7 amide bonds. The summed E-state index contributed by atoms with van der Waals surface area (Å²) in [6.45, 7) is 15.6. The van der Waals surface area contributed by atoms with Crippen LogP contribution in [0, 0.1) is 48.1 Å². The average Bonchev–Trinajstić information content (AvgIpc) is 0.780. The van der Waals surface area contributed by atoms with Gasteiger partial charge in [-0.05, 0) is 164 Å². The molecule has 0 saturated heterocycles. The molecule has 30 heteroatoms. The van der Waals surface area contributed by atoms with Gasteiger partial charge in [0.15, 0.2) is 17.2 Å². The topological polar surface area (TPSA) is 440 Å². The average molecular weight is 1770 g/mol. The first-order valence-corrected chi connectivity index (χ1v) is 42.3. The smallest absolute Gasteiger partial charge is 0.310 e. The predicted molar refractivity (Wildman–Crippen MR) is 503 cm³/mol. The first kappa shape index (κ1) is 95.4. The third kappa shape index (κ3) is 27.1. The van der Waals surface area contributed by atoms with Crippen molar-refractivity contribution in [1.82, 2.24) is 0 Å². The molecule has 0 spiro atoms. The van der Waals surface area contributed by atoms with Crippen LogP contribution in [0.5, 0.6) is 40.2 Å². The quantitative estimate of drug-likeness (QED) is 0.0107. The normalized spacial score (nSPS) is 10.9. The molecule has 0 fully saturated rings. The van der Waals surface area contributed by atoms with Crippen molar-refractivity contribution >= 4 is 113 Å². The number of hydrogen-bond acceptors (Lipinski definition) is 20. The minimum atomic E-state index is -0.631. The summed E-state index contributed by atoms with van der Waals surface area (Å²) in [5.41, 5.74) is 21.3. The summed E-state index contributed by atoms with van der Waals surface area (Å²) in [7, 11) is 0. The molecule has 0 saturated carbocycles. The molecule has 0 bridgehead atoms. The molecular formula is C101H100N10O20. The van der Waals surface area contributed by atoms with Gasteiger partial charge in [0.05, 0.1) is 83.8 Å². The molecule has 13 aromatic rings. The molecule has 0 radical (unpaired) electrons. The van der Waals surface area contributed by atoms with E-state index in [9.17, 15) is 63.9 Å². The second kappa shape index (κ2) is 45.8. The van der Waals surface area contributed by atoms with Crippen LogP contribution in [0.4, 0.5) is 39.8 Å². The van der Waals surface area contributed by atoms with E-state index >= 15 is 0 Å². The zero-order valence-corrected chi connectivity index (χ0v) is 73.2. The fraction of sp³-hybridized carbons (Fsp3) is 0.218. The second-order valence-electron chi connectivity index (χ2n) is 31.7. The number of fused-ring (bicyclic) bond motifs is 3. The molecule has 13 aromatic carbocycles. The van der Waals surface area contributed by atoms with Gasteiger partial charge < -0.3 is 71.6 Å². The van der Waals surface area contributed by atoms with Gasteiger partial charge in [0.25, 0.3) is 23.6 Å². The van der Waals surface area contributed by atoms with Crippen molar-refractivity contribution in [1.29, 1.82) is 0 Å². The Morgan fingerprint density at radius 1 is 0.290 bits per heavy atom. The van der Waals surface area contributed by atoms with Crippen molar-refractivity contribution in [2.45, 2.75) is 80.6 Å². The zero-order valence-electron chi connectivity index (χ0n) is 73.2. The van der Waals surface area contributed by atoms with E-state index in [2.05, 4.69) is 39.5 Å². The van der Waals surface area contributed by atoms with E-state index in [4.69, 9.17) is 50.4 Å². The van der Waals surface area contributed by atoms with Crippen LogP contribution in [0.25, 0.3) is 32.3 Å². The van der Waals surface area contributed by atoms with Crippen molar-refractivity contribution < 1.29 is 81.5 Å². The van der Waals surface area contributed by atoms with Crippen molar-refractivity contribution in [2.24, 2.45) is 35.0 Å². The first-order chi connectivity index (χ1) is 62.9. The molecule has 13 rings (SSSR count). The Balaban J connectivity index is 0.000000193. The fourth-order valence-electron chi connectivity index (χ4n) is 13.2. The number of rotatable bonds is 39. The van der Waals surface area contributed by atoms with Crippen LogP contribution >= 0.6 is 0 Å². The predicted octanol–water partition coefficient (Wildman–Crippen LogP) is 19.7. The third-order valence-electron chi connectivity index (χ3n) is 20.1. The second-order valence-corrected chi connectivity index (χ2v) is 31.7. The summed E-state index contributed by atoms with van der Waals surface area (Å²) in [6.07, 6.45) is 3.29. The maximum absolute atomic E-state index is 13.6. The highest BCUT2D eigenvalue weighted by Gasteiger charge is 2.26. The minimum Gasteiger partial charge on any atom is -0.491 e. The number of nitrogens with zero attached hydrogens (tertiary/aromatic N) is 3. The van der Waals surface area contributed by atoms with Crippen molar-refractivity contribution in [2.75, 3.05) is 67.5 Å². The van der Waals surface area contributed by atoms with Crippen LogP contribution < -0.4 is 71.6 Å². The van der Waals surface area contributed by atoms with E-state index in [1.807, 2.05) is 158 Å². The maximum Gasteiger partial charge on any atom is 0.310 e. The third-order valence-corrected chi connectivity index (χ3v) is 20.1. The maximum atomic E-state index is 13.6. The van der Waals surface area contributed by atoms with E-state index < -0.39 is 56.1 Å². The molecule has 0 aromatic heterocycles. The number of unbranched alkanes of at least 4 members (excludes halogenated alkanes) is 1. The van der Waals surface area contributed by atoms with Gasteiger partial charge in [0.2, 0.25) is 17.7 Å². The van der Waals surface area contributed by atoms with Gasteiger partial charge in [0.1, 0.15) is 23.0 Å². The number of benzene rings is 13. The number of nitrogens with one attached hydrogen (secondary N) is 4. The molecule has 131 heavy (non-hydrogen) atoms. The largest absolute Gasteiger partial charge is 0.491 e. The molecular weight excluding hydrogens is 1670 g/mol. The Bertz CT molecular complexity index is 6400. The van der Waals surface area contributed by atoms with Crippen molar-refractivity contribution in [3.63, 3.8) is 0 Å². The summed E-state index contributed by atoms with van der Waals surface area (Å²) in [5, 5.41) is 52.7. The van der Waals surface area contributed by atoms with Crippen LogP contribution in [-0.2, 0) is 19.3 Å². The van der Waals surface area contributed by atoms with Crippen molar-refractivity contribution in [3.8, 4) is 40.2 Å². The van der Waals surface area contributed by atoms with Gasteiger partial charge in [-0.2, -0.15) is 0 Å². The molecule has 0 heterocycles. The van der Waals surface area contributed by atoms with E-state index in [1.165, 1.54) is 115 Å². The van der Waals surface area contributed by atoms with Crippen LogP contribution in [-0.4, -0.2) is 102 Å². The van der Waals surface area contributed by atoms with E-state index in [0.29, 0.717) is 73.4 Å². The van der Waals surface area contributed by atoms with E-state index in [0.717, 1.165) is 61.8 Å². The monoisotopic (exact) mass is 1770 g/mol. The number of carbonyl (C=O) groups is 7. The standard InChI is InChI=1S/C41H42N4O8.2C30H29N3O6/c1-25(2)23-52-37-20-30(39(42)46)11-14-34(37)44-40(47)31-12-15-33(36(21-31)51-18-17-27-9-10-28-7-5-6-8-29(28)19-27)43-41(48)32-13-16-35(45(49)50)38(22-32)53-24-26(3)4;1-19(2)18-39-27-16-23(29(31)34)9-11-25(27)32-30(35)24-10-12-26(33(36)37)28(17-24)38-14-13-20-7-8-21-5-3-4-6-22(21)15-20;1-2-3-15-38-27-18-23(29(31)34)10-12-25(27)32-30(35)24-11-13-26(33(36)37)28(19-24)39-16-14-20-8-9-21-6-4-5-7-22(21)17-20/h5-16,19-22,25-26H,17-18,23-24H2,1-4H3,(H2,42,46)(H,43,48)(H,44,47);3-12,15-17,19H,13-14,18H2,1-2H3,(H2,31,34)(H,32,35);4-13,17-19H,2-3,14-16H2,1H3,(H2,31,34)(H,32,35). The lowest BCUT2D eigenvalue weighted by Gasteiger charge is -2.17. The van der Waals surface area contributed by atoms with Crippen LogP contribution in [0.2, 0.25) is 0 Å². The number of ether oxygens (including phenoxy) is 7. The number of amides is 7. The van der Waals surface area contributed by atoms with Gasteiger partial charge >= 0.3 is 17.1 Å². The lowest BCUT2D eigenvalue weighted by molar-refractivity contribution is -0.386. The number of primary amides is 3. The molecule has 0 aliphatic carbocycles. The summed E-state index contributed by atoms with van der Waals surface area (Å²) in [5.74, 6) is -2.39. The van der Waals surface area contributed by atoms with Gasteiger partial charge in [0, 0.05) is 94.6 Å². The SMILES string of the molecule is CC(C)COc1cc(C(N)=O)ccc1NC(=O)c1ccc(NC(=O)c2ccc([N+](=O)[O-])c(OCC(C)C)c2)c(OCCc2ccc3ccccc3c2)c1.CC(C)COc1cc(C(N)=O)ccc1NC(=O)c1ccc([N+](=O)[O-])c(OCCc2ccc3ccccc3c2)c1.CCCCOc1cc(C(N)=O)ccc1NC(=O)c1ccc([N+](=O)[O-])c(OCCc2ccc3ccccc3c2)c1. The zero-order chi connectivity index (χ0) is 93.8. The summed E-state index contributed by atoms with van der Waals surface area (Å²) in [6, 6.07) is 72.2. The van der Waals surface area contributed by atoms with Gasteiger partial charge in [-0.15, -0.1) is 0 Å². The Hall–Kier alpha value is -16.3. The first-order valence-electron chi connectivity index (χ1n) is 42.3. The Morgan fingerprint density at radius 2 is 0.527 bits per heavy atom. The Labute approximate surface area is 755 Å². The minimum absolute atomic E-state index is 0.00284. The fourth-order valence-corrected chi connectivity index (χ4v) is 13.2. The lowest BCUT2D eigenvalue weighted by Crippen LogP contribution is -2.17. The molecule has 674 valence electrons. The highest BCUT2D eigenvalue weighted by molar-refractivity contribution is 6.10. The highest BCUT2D eigenvalue weighted by Crippen LogP contribution is 2.37. The molecule has 30 nitrogen and oxygen atoms in total. The van der Waals surface area contributed by atoms with Gasteiger partial charge in [-0.25, -0.2) is 0 Å². The number of carbonyl (C=O) groups excluding carboxylic acids is 7. The van der Waals surface area contributed by atoms with Gasteiger partial charge in [-0.3, -0.25) is 63.9 Å². The summed E-state index contributed by atoms with van der Waals surface area (Å²) in [4.78, 5) is 122. The van der Waals surface area contributed by atoms with Crippen LogP contribution in [0.3, 0.4) is 0 Å². The number of anilines is 4. The van der Waals surface area contributed by atoms with Crippen LogP contribution in [0.15, 0.2) is 255 Å². The molecule has 0 atom stereocenters. The summed E-state index contributed by atoms with van der Waals surface area (Å²) >= 11 is 0. The van der Waals surface area contributed by atoms with Crippen LogP contribution in [0.1, 0.15) is 151 Å². The molecule has 10 N–H and O–H groups in total. The number of hydrogen-bond donors (Lipinski definition) is 7. The molecule has 0 aliphatic heterocycles. The molecule has 0 aliphatic rings. The highest BCUT2D eigenvalue weighted by atomic mass is 16.6.